The van der Waals surface area contributed by atoms with Gasteiger partial charge in [0.05, 0.1) is 6.21 Å². The first-order valence-electron chi connectivity index (χ1n) is 6.80. The molecular weight excluding hydrogens is 353 g/mol. The SMILES string of the molecule is O=C(NCc1ccc(Cl)cc1Cl)C(=O)NN=Cc1ccccc1O. The maximum atomic E-state index is 11.7. The van der Waals surface area contributed by atoms with E-state index in [4.69, 9.17) is 23.2 Å². The van der Waals surface area contributed by atoms with Gasteiger partial charge >= 0.3 is 11.8 Å². The Morgan fingerprint density at radius 2 is 1.88 bits per heavy atom. The number of phenols is 1. The number of benzene rings is 2. The van der Waals surface area contributed by atoms with Crippen LogP contribution in [-0.4, -0.2) is 23.1 Å². The van der Waals surface area contributed by atoms with Gasteiger partial charge in [0.1, 0.15) is 5.75 Å². The number of halogens is 2. The number of phenolic OH excluding ortho intramolecular Hbond substituents is 1. The van der Waals surface area contributed by atoms with Crippen molar-refractivity contribution in [2.24, 2.45) is 5.10 Å². The summed E-state index contributed by atoms with van der Waals surface area (Å²) in [6.07, 6.45) is 1.23. The molecule has 124 valence electrons. The maximum Gasteiger partial charge on any atom is 0.329 e. The molecule has 0 radical (unpaired) electrons. The van der Waals surface area contributed by atoms with Gasteiger partial charge < -0.3 is 10.4 Å². The van der Waals surface area contributed by atoms with Crippen molar-refractivity contribution >= 4 is 41.2 Å². The molecule has 0 aliphatic rings. The summed E-state index contributed by atoms with van der Waals surface area (Å²) in [7, 11) is 0. The Labute approximate surface area is 148 Å². The molecule has 0 heterocycles. The van der Waals surface area contributed by atoms with Crippen LogP contribution in [0.2, 0.25) is 10.0 Å². The zero-order valence-electron chi connectivity index (χ0n) is 12.3. The molecule has 0 spiro atoms. The lowest BCUT2D eigenvalue weighted by Crippen LogP contribution is -2.37. The number of hydrogen-bond donors (Lipinski definition) is 3. The van der Waals surface area contributed by atoms with Crippen LogP contribution in [0, 0.1) is 0 Å². The minimum Gasteiger partial charge on any atom is -0.507 e. The minimum absolute atomic E-state index is 0.0114. The lowest BCUT2D eigenvalue weighted by Gasteiger charge is -2.06. The number of aromatic hydroxyl groups is 1. The van der Waals surface area contributed by atoms with Crippen molar-refractivity contribution in [1.82, 2.24) is 10.7 Å². The van der Waals surface area contributed by atoms with Crippen molar-refractivity contribution in [1.29, 1.82) is 0 Å². The number of para-hydroxylation sites is 1. The molecule has 2 aromatic rings. The van der Waals surface area contributed by atoms with Gasteiger partial charge in [-0.2, -0.15) is 5.10 Å². The molecule has 3 N–H and O–H groups in total. The Hall–Kier alpha value is -2.57. The summed E-state index contributed by atoms with van der Waals surface area (Å²) < 4.78 is 0. The number of rotatable bonds is 4. The smallest absolute Gasteiger partial charge is 0.329 e. The molecule has 0 aromatic heterocycles. The van der Waals surface area contributed by atoms with E-state index in [1.54, 1.807) is 36.4 Å². The number of carbonyl (C=O) groups is 2. The molecule has 0 bridgehead atoms. The third-order valence-electron chi connectivity index (χ3n) is 2.97. The van der Waals surface area contributed by atoms with Crippen LogP contribution in [0.3, 0.4) is 0 Å². The fourth-order valence-electron chi connectivity index (χ4n) is 1.73. The second-order valence-corrected chi connectivity index (χ2v) is 5.52. The van der Waals surface area contributed by atoms with Gasteiger partial charge in [-0.25, -0.2) is 5.43 Å². The van der Waals surface area contributed by atoms with Gasteiger partial charge in [0.2, 0.25) is 0 Å². The van der Waals surface area contributed by atoms with Gasteiger partial charge in [0.25, 0.3) is 0 Å². The van der Waals surface area contributed by atoms with Gasteiger partial charge in [0, 0.05) is 22.2 Å². The highest BCUT2D eigenvalue weighted by atomic mass is 35.5. The van der Waals surface area contributed by atoms with Crippen LogP contribution >= 0.6 is 23.2 Å². The van der Waals surface area contributed by atoms with E-state index in [1.165, 1.54) is 12.3 Å². The second kappa shape index (κ2) is 8.33. The minimum atomic E-state index is -0.938. The molecule has 0 fully saturated rings. The Morgan fingerprint density at radius 1 is 1.12 bits per heavy atom. The zero-order valence-corrected chi connectivity index (χ0v) is 13.8. The lowest BCUT2D eigenvalue weighted by molar-refractivity contribution is -0.139. The summed E-state index contributed by atoms with van der Waals surface area (Å²) in [5.41, 5.74) is 3.10. The van der Waals surface area contributed by atoms with Crippen LogP contribution < -0.4 is 10.7 Å². The van der Waals surface area contributed by atoms with Crippen LogP contribution in [0.1, 0.15) is 11.1 Å². The van der Waals surface area contributed by atoms with Gasteiger partial charge in [-0.3, -0.25) is 9.59 Å². The highest BCUT2D eigenvalue weighted by molar-refractivity contribution is 6.36. The summed E-state index contributed by atoms with van der Waals surface area (Å²) in [5.74, 6) is -1.79. The third-order valence-corrected chi connectivity index (χ3v) is 3.55. The predicted molar refractivity (Wildman–Crippen MR) is 92.2 cm³/mol. The number of amides is 2. The third kappa shape index (κ3) is 4.97. The molecule has 0 aliphatic heterocycles. The first-order valence-corrected chi connectivity index (χ1v) is 7.56. The number of hydrogen-bond acceptors (Lipinski definition) is 4. The fraction of sp³-hybridized carbons (Fsp3) is 0.0625. The Bertz CT molecular complexity index is 794. The highest BCUT2D eigenvalue weighted by Crippen LogP contribution is 2.20. The Balaban J connectivity index is 1.86. The zero-order chi connectivity index (χ0) is 17.5. The van der Waals surface area contributed by atoms with Crippen LogP contribution in [0.4, 0.5) is 0 Å². The van der Waals surface area contributed by atoms with E-state index >= 15 is 0 Å². The molecule has 0 saturated carbocycles. The summed E-state index contributed by atoms with van der Waals surface area (Å²) in [6.45, 7) is 0.0748. The molecule has 0 aliphatic carbocycles. The van der Waals surface area contributed by atoms with Crippen molar-refractivity contribution in [3.8, 4) is 5.75 Å². The molecule has 0 saturated heterocycles. The van der Waals surface area contributed by atoms with E-state index in [1.807, 2.05) is 0 Å². The van der Waals surface area contributed by atoms with Gasteiger partial charge in [0.15, 0.2) is 0 Å². The molecule has 2 amide bonds. The van der Waals surface area contributed by atoms with Gasteiger partial charge in [-0.15, -0.1) is 0 Å². The molecular formula is C16H13Cl2N3O3. The van der Waals surface area contributed by atoms with Gasteiger partial charge in [-0.1, -0.05) is 41.4 Å². The second-order valence-electron chi connectivity index (χ2n) is 4.68. The van der Waals surface area contributed by atoms with Crippen molar-refractivity contribution in [3.63, 3.8) is 0 Å². The molecule has 0 unspecified atom stereocenters. The first kappa shape index (κ1) is 17.8. The van der Waals surface area contributed by atoms with E-state index in [0.717, 1.165) is 0 Å². The first-order chi connectivity index (χ1) is 11.5. The van der Waals surface area contributed by atoms with Crippen molar-refractivity contribution in [2.75, 3.05) is 0 Å². The van der Waals surface area contributed by atoms with Crippen LogP contribution in [0.5, 0.6) is 5.75 Å². The topological polar surface area (TPSA) is 90.8 Å². The van der Waals surface area contributed by atoms with Crippen LogP contribution in [-0.2, 0) is 16.1 Å². The lowest BCUT2D eigenvalue weighted by atomic mass is 10.2. The largest absolute Gasteiger partial charge is 0.507 e. The Kier molecular flexibility index (Phi) is 6.17. The standard InChI is InChI=1S/C16H13Cl2N3O3/c17-12-6-5-10(13(18)7-12)8-19-15(23)16(24)21-20-9-11-3-1-2-4-14(11)22/h1-7,9,22H,8H2,(H,19,23)(H,21,24). The number of nitrogens with zero attached hydrogens (tertiary/aromatic N) is 1. The van der Waals surface area contributed by atoms with E-state index in [9.17, 15) is 14.7 Å². The van der Waals surface area contributed by atoms with E-state index in [0.29, 0.717) is 21.2 Å². The van der Waals surface area contributed by atoms with Crippen LogP contribution in [0.15, 0.2) is 47.6 Å². The van der Waals surface area contributed by atoms with E-state index < -0.39 is 11.8 Å². The van der Waals surface area contributed by atoms with Crippen molar-refractivity contribution in [3.05, 3.63) is 63.6 Å². The van der Waals surface area contributed by atoms with Gasteiger partial charge in [-0.05, 0) is 29.8 Å². The molecule has 2 rings (SSSR count). The number of hydrazone groups is 1. The average Bonchev–Trinajstić information content (AvgIpc) is 2.55. The highest BCUT2D eigenvalue weighted by Gasteiger charge is 2.13. The Morgan fingerprint density at radius 3 is 2.58 bits per heavy atom. The number of carbonyl (C=O) groups excluding carboxylic acids is 2. The quantitative estimate of drug-likeness (QED) is 0.441. The van der Waals surface area contributed by atoms with E-state index in [2.05, 4.69) is 15.8 Å². The van der Waals surface area contributed by atoms with Crippen molar-refractivity contribution < 1.29 is 14.7 Å². The summed E-state index contributed by atoms with van der Waals surface area (Å²) in [6, 6.07) is 11.3. The van der Waals surface area contributed by atoms with Crippen LogP contribution in [0.25, 0.3) is 0 Å². The average molecular weight is 366 g/mol. The molecule has 2 aromatic carbocycles. The molecule has 0 atom stereocenters. The van der Waals surface area contributed by atoms with E-state index in [-0.39, 0.29) is 12.3 Å². The molecule has 6 nitrogen and oxygen atoms in total. The normalized spacial score (nSPS) is 10.6. The summed E-state index contributed by atoms with van der Waals surface area (Å²) in [5, 5.41) is 16.4. The number of nitrogens with one attached hydrogen (secondary N) is 2. The molecule has 8 heteroatoms. The predicted octanol–water partition coefficient (Wildman–Crippen LogP) is 2.47. The molecule has 24 heavy (non-hydrogen) atoms. The van der Waals surface area contributed by atoms with Crippen molar-refractivity contribution in [2.45, 2.75) is 6.54 Å². The monoisotopic (exact) mass is 365 g/mol. The summed E-state index contributed by atoms with van der Waals surface area (Å²) >= 11 is 11.8. The summed E-state index contributed by atoms with van der Waals surface area (Å²) in [4.78, 5) is 23.3. The maximum absolute atomic E-state index is 11.7. The fourth-order valence-corrected chi connectivity index (χ4v) is 2.20.